The van der Waals surface area contributed by atoms with Gasteiger partial charge in [0.25, 0.3) is 5.91 Å². The molecule has 1 unspecified atom stereocenters. The van der Waals surface area contributed by atoms with E-state index in [4.69, 9.17) is 4.74 Å². The smallest absolute Gasteiger partial charge is 0.267 e. The Hall–Kier alpha value is -2.54. The van der Waals surface area contributed by atoms with Crippen molar-refractivity contribution in [3.8, 4) is 5.75 Å². The summed E-state index contributed by atoms with van der Waals surface area (Å²) in [5.41, 5.74) is 2.91. The highest BCUT2D eigenvalue weighted by Gasteiger charge is 2.36. The molecule has 0 radical (unpaired) electrons. The highest BCUT2D eigenvalue weighted by Crippen LogP contribution is 2.38. The number of rotatable bonds is 3. The average molecular weight is 403 g/mol. The Morgan fingerprint density at radius 1 is 1.18 bits per heavy atom. The SMILES string of the molecule is Cc1ccccc1NC(=O)C1CN(S(C)(=O)=O)c2cc(C(C)(C)C)ccc2O1. The van der Waals surface area contributed by atoms with Crippen LogP contribution in [0, 0.1) is 6.92 Å². The van der Waals surface area contributed by atoms with Gasteiger partial charge in [0.05, 0.1) is 18.5 Å². The topological polar surface area (TPSA) is 75.7 Å². The van der Waals surface area contributed by atoms with E-state index in [-0.39, 0.29) is 17.9 Å². The van der Waals surface area contributed by atoms with Crippen LogP contribution in [0.2, 0.25) is 0 Å². The van der Waals surface area contributed by atoms with Crippen molar-refractivity contribution in [2.24, 2.45) is 0 Å². The molecule has 2 aromatic carbocycles. The first-order chi connectivity index (χ1) is 13.0. The molecule has 1 heterocycles. The number of nitrogens with one attached hydrogen (secondary N) is 1. The minimum Gasteiger partial charge on any atom is -0.476 e. The van der Waals surface area contributed by atoms with Crippen LogP contribution in [0.1, 0.15) is 31.9 Å². The molecule has 0 bridgehead atoms. The molecule has 1 amide bonds. The Bertz CT molecular complexity index is 1010. The van der Waals surface area contributed by atoms with Crippen LogP contribution in [-0.2, 0) is 20.2 Å². The van der Waals surface area contributed by atoms with E-state index in [0.717, 1.165) is 17.4 Å². The first-order valence-electron chi connectivity index (χ1n) is 9.12. The number of anilines is 2. The second kappa shape index (κ2) is 7.13. The summed E-state index contributed by atoms with van der Waals surface area (Å²) in [6.07, 6.45) is 0.199. The lowest BCUT2D eigenvalue weighted by molar-refractivity contribution is -0.122. The summed E-state index contributed by atoms with van der Waals surface area (Å²) in [5, 5.41) is 2.83. The molecule has 0 saturated carbocycles. The average Bonchev–Trinajstić information content (AvgIpc) is 2.60. The van der Waals surface area contributed by atoms with Crippen LogP contribution in [0.3, 0.4) is 0 Å². The molecule has 0 aromatic heterocycles. The number of para-hydroxylation sites is 1. The lowest BCUT2D eigenvalue weighted by atomic mass is 9.86. The molecule has 2 aromatic rings. The van der Waals surface area contributed by atoms with E-state index in [1.54, 1.807) is 12.1 Å². The summed E-state index contributed by atoms with van der Waals surface area (Å²) in [6.45, 7) is 7.99. The number of fused-ring (bicyclic) bond motifs is 1. The molecule has 6 nitrogen and oxygen atoms in total. The van der Waals surface area contributed by atoms with Gasteiger partial charge in [-0.15, -0.1) is 0 Å². The molecule has 150 valence electrons. The zero-order valence-corrected chi connectivity index (χ0v) is 17.6. The molecule has 0 fully saturated rings. The van der Waals surface area contributed by atoms with Gasteiger partial charge in [0.2, 0.25) is 10.0 Å². The van der Waals surface area contributed by atoms with Gasteiger partial charge in [-0.05, 0) is 41.7 Å². The molecule has 28 heavy (non-hydrogen) atoms. The summed E-state index contributed by atoms with van der Waals surface area (Å²) in [4.78, 5) is 12.8. The fourth-order valence-electron chi connectivity index (χ4n) is 3.09. The van der Waals surface area contributed by atoms with Crippen molar-refractivity contribution >= 4 is 27.3 Å². The molecule has 0 saturated heterocycles. The van der Waals surface area contributed by atoms with Gasteiger partial charge in [0.1, 0.15) is 5.75 Å². The molecule has 0 spiro atoms. The van der Waals surface area contributed by atoms with Gasteiger partial charge in [-0.1, -0.05) is 45.0 Å². The number of benzene rings is 2. The van der Waals surface area contributed by atoms with Crippen LogP contribution < -0.4 is 14.4 Å². The highest BCUT2D eigenvalue weighted by molar-refractivity contribution is 7.92. The minimum absolute atomic E-state index is 0.0723. The Labute approximate surface area is 166 Å². The number of nitrogens with zero attached hydrogens (tertiary/aromatic N) is 1. The van der Waals surface area contributed by atoms with Gasteiger partial charge in [-0.25, -0.2) is 8.42 Å². The van der Waals surface area contributed by atoms with E-state index in [1.807, 2.05) is 37.3 Å². The van der Waals surface area contributed by atoms with Gasteiger partial charge in [-0.2, -0.15) is 0 Å². The fraction of sp³-hybridized carbons (Fsp3) is 0.381. The second-order valence-corrected chi connectivity index (χ2v) is 10.0. The number of aryl methyl sites for hydroxylation is 1. The summed E-state index contributed by atoms with van der Waals surface area (Å²) >= 11 is 0. The maximum absolute atomic E-state index is 12.8. The number of carbonyl (C=O) groups excluding carboxylic acids is 1. The summed E-state index contributed by atoms with van der Waals surface area (Å²) < 4.78 is 32.0. The van der Waals surface area contributed by atoms with Crippen LogP contribution in [0.4, 0.5) is 11.4 Å². The molecule has 7 heteroatoms. The Morgan fingerprint density at radius 3 is 2.46 bits per heavy atom. The second-order valence-electron chi connectivity index (χ2n) is 8.14. The van der Waals surface area contributed by atoms with Crippen LogP contribution in [0.25, 0.3) is 0 Å². The van der Waals surface area contributed by atoms with E-state index >= 15 is 0 Å². The molecule has 0 aliphatic carbocycles. The van der Waals surface area contributed by atoms with E-state index in [0.29, 0.717) is 17.1 Å². The lowest BCUT2D eigenvalue weighted by Crippen LogP contribution is -2.48. The monoisotopic (exact) mass is 402 g/mol. The predicted molar refractivity (Wildman–Crippen MR) is 112 cm³/mol. The van der Waals surface area contributed by atoms with Gasteiger partial charge < -0.3 is 10.1 Å². The van der Waals surface area contributed by atoms with Crippen LogP contribution >= 0.6 is 0 Å². The van der Waals surface area contributed by atoms with Gasteiger partial charge in [0.15, 0.2) is 6.10 Å². The largest absolute Gasteiger partial charge is 0.476 e. The maximum atomic E-state index is 12.8. The number of hydrogen-bond acceptors (Lipinski definition) is 4. The van der Waals surface area contributed by atoms with E-state index in [2.05, 4.69) is 26.1 Å². The normalized spacial score (nSPS) is 16.9. The van der Waals surface area contributed by atoms with Gasteiger partial charge in [0, 0.05) is 5.69 Å². The molecule has 1 aliphatic rings. The summed E-state index contributed by atoms with van der Waals surface area (Å²) in [7, 11) is -3.58. The standard InChI is InChI=1S/C21H26N2O4S/c1-14-8-6-7-9-16(14)22-20(24)19-13-23(28(5,25)26)17-12-15(21(2,3)4)10-11-18(17)27-19/h6-12,19H,13H2,1-5H3,(H,22,24). The number of carbonyl (C=O) groups is 1. The van der Waals surface area contributed by atoms with E-state index in [9.17, 15) is 13.2 Å². The zero-order chi connectivity index (χ0) is 20.7. The van der Waals surface area contributed by atoms with Crippen LogP contribution in [0.5, 0.6) is 5.75 Å². The zero-order valence-electron chi connectivity index (χ0n) is 16.8. The number of hydrogen-bond donors (Lipinski definition) is 1. The van der Waals surface area contributed by atoms with Crippen molar-refractivity contribution in [2.45, 2.75) is 39.2 Å². The summed E-state index contributed by atoms with van der Waals surface area (Å²) in [6, 6.07) is 12.9. The Morgan fingerprint density at radius 2 is 1.86 bits per heavy atom. The van der Waals surface area contributed by atoms with Crippen molar-refractivity contribution in [3.05, 3.63) is 53.6 Å². The first kappa shape index (κ1) is 20.2. The van der Waals surface area contributed by atoms with E-state index < -0.39 is 16.1 Å². The van der Waals surface area contributed by atoms with Gasteiger partial charge >= 0.3 is 0 Å². The number of amides is 1. The molecule has 1 N–H and O–H groups in total. The molecule has 1 atom stereocenters. The fourth-order valence-corrected chi connectivity index (χ4v) is 4.00. The van der Waals surface area contributed by atoms with Crippen molar-refractivity contribution in [3.63, 3.8) is 0 Å². The van der Waals surface area contributed by atoms with Crippen molar-refractivity contribution in [1.29, 1.82) is 0 Å². The molecular formula is C21H26N2O4S. The third-order valence-corrected chi connectivity index (χ3v) is 5.94. The highest BCUT2D eigenvalue weighted by atomic mass is 32.2. The number of sulfonamides is 1. The maximum Gasteiger partial charge on any atom is 0.267 e. The third-order valence-electron chi connectivity index (χ3n) is 4.79. The molecular weight excluding hydrogens is 376 g/mol. The summed E-state index contributed by atoms with van der Waals surface area (Å²) in [5.74, 6) is 0.00288. The van der Waals surface area contributed by atoms with Crippen molar-refractivity contribution in [1.82, 2.24) is 0 Å². The quantitative estimate of drug-likeness (QED) is 0.853. The Kier molecular flexibility index (Phi) is 5.14. The lowest BCUT2D eigenvalue weighted by Gasteiger charge is -2.35. The van der Waals surface area contributed by atoms with Crippen molar-refractivity contribution in [2.75, 3.05) is 22.4 Å². The number of ether oxygens (including phenoxy) is 1. The van der Waals surface area contributed by atoms with Crippen LogP contribution in [-0.4, -0.2) is 33.2 Å². The molecule has 1 aliphatic heterocycles. The third kappa shape index (κ3) is 4.14. The van der Waals surface area contributed by atoms with Crippen molar-refractivity contribution < 1.29 is 17.9 Å². The molecule has 3 rings (SSSR count). The predicted octanol–water partition coefficient (Wildman–Crippen LogP) is 3.46. The van der Waals surface area contributed by atoms with Crippen LogP contribution in [0.15, 0.2) is 42.5 Å². The Balaban J connectivity index is 1.94. The van der Waals surface area contributed by atoms with E-state index in [1.165, 1.54) is 4.31 Å². The van der Waals surface area contributed by atoms with Gasteiger partial charge in [-0.3, -0.25) is 9.10 Å². The first-order valence-corrected chi connectivity index (χ1v) is 11.0. The minimum atomic E-state index is -3.58.